The Labute approximate surface area is 204 Å². The molecular formula is C26H31NO8. The molecule has 1 aromatic carbocycles. The van der Waals surface area contributed by atoms with Gasteiger partial charge in [-0.05, 0) is 46.3 Å². The maximum atomic E-state index is 12.8. The van der Waals surface area contributed by atoms with Crippen molar-refractivity contribution in [2.45, 2.75) is 58.6 Å². The average molecular weight is 486 g/mol. The summed E-state index contributed by atoms with van der Waals surface area (Å²) in [6.45, 7) is 9.16. The molecule has 1 saturated heterocycles. The molecule has 0 radical (unpaired) electrons. The molecule has 0 bridgehead atoms. The maximum Gasteiger partial charge on any atom is 0.413 e. The molecule has 1 fully saturated rings. The number of rotatable bonds is 6. The molecule has 0 saturated carbocycles. The molecule has 188 valence electrons. The largest absolute Gasteiger partial charge is 0.481 e. The number of ether oxygens (including phenoxy) is 4. The van der Waals surface area contributed by atoms with Crippen molar-refractivity contribution in [2.75, 3.05) is 13.7 Å². The molecule has 1 atom stereocenters. The van der Waals surface area contributed by atoms with Crippen molar-refractivity contribution in [3.8, 4) is 5.75 Å². The highest BCUT2D eigenvalue weighted by Crippen LogP contribution is 2.30. The first-order valence-electron chi connectivity index (χ1n) is 11.2. The Morgan fingerprint density at radius 1 is 1.20 bits per heavy atom. The monoisotopic (exact) mass is 485 g/mol. The third-order valence-electron chi connectivity index (χ3n) is 5.11. The van der Waals surface area contributed by atoms with Gasteiger partial charge in [-0.3, -0.25) is 9.69 Å². The van der Waals surface area contributed by atoms with E-state index < -0.39 is 34.9 Å². The molecule has 3 rings (SSSR count). The van der Waals surface area contributed by atoms with Gasteiger partial charge in [0.25, 0.3) is 5.76 Å². The van der Waals surface area contributed by atoms with Crippen molar-refractivity contribution in [2.24, 2.45) is 0 Å². The topological polar surface area (TPSA) is 105 Å². The Kier molecular flexibility index (Phi) is 7.70. The summed E-state index contributed by atoms with van der Waals surface area (Å²) < 4.78 is 27.3. The van der Waals surface area contributed by atoms with Gasteiger partial charge in [0.15, 0.2) is 0 Å². The van der Waals surface area contributed by atoms with Crippen LogP contribution in [0.2, 0.25) is 0 Å². The number of hydrogen-bond donors (Lipinski definition) is 0. The van der Waals surface area contributed by atoms with E-state index in [1.807, 2.05) is 30.3 Å². The quantitative estimate of drug-likeness (QED) is 0.555. The minimum atomic E-state index is -0.898. The average Bonchev–Trinajstić information content (AvgIpc) is 3.09. The van der Waals surface area contributed by atoms with Crippen molar-refractivity contribution < 1.29 is 33.0 Å². The number of benzene rings is 1. The van der Waals surface area contributed by atoms with Crippen LogP contribution in [-0.4, -0.2) is 48.0 Å². The Balaban J connectivity index is 1.87. The first-order chi connectivity index (χ1) is 16.4. The van der Waals surface area contributed by atoms with Crippen molar-refractivity contribution in [1.29, 1.82) is 0 Å². The van der Waals surface area contributed by atoms with E-state index in [0.29, 0.717) is 0 Å². The van der Waals surface area contributed by atoms with Crippen LogP contribution < -0.4 is 10.2 Å². The van der Waals surface area contributed by atoms with Gasteiger partial charge in [0.2, 0.25) is 11.2 Å². The molecular weight excluding hydrogens is 454 g/mol. The van der Waals surface area contributed by atoms with Crippen molar-refractivity contribution in [3.63, 3.8) is 0 Å². The Morgan fingerprint density at radius 2 is 1.89 bits per heavy atom. The number of esters is 1. The second-order valence-electron chi connectivity index (χ2n) is 9.47. The normalized spacial score (nSPS) is 17.4. The van der Waals surface area contributed by atoms with E-state index in [4.69, 9.17) is 23.4 Å². The third-order valence-corrected chi connectivity index (χ3v) is 5.11. The zero-order valence-corrected chi connectivity index (χ0v) is 20.8. The number of nitrogens with zero attached hydrogens (tertiary/aromatic N) is 1. The van der Waals surface area contributed by atoms with E-state index in [9.17, 15) is 14.4 Å². The fourth-order valence-corrected chi connectivity index (χ4v) is 3.52. The number of hydrogen-bond acceptors (Lipinski definition) is 8. The third kappa shape index (κ3) is 6.51. The van der Waals surface area contributed by atoms with Crippen LogP contribution >= 0.6 is 0 Å². The van der Waals surface area contributed by atoms with Crippen LogP contribution in [0.25, 0.3) is 6.08 Å². The molecule has 9 heteroatoms. The molecule has 1 aromatic heterocycles. The summed E-state index contributed by atoms with van der Waals surface area (Å²) in [5, 5.41) is 0. The SMILES string of the molecule is COC(=O)c1oc(C=CC2COC(C)(C)N2C(=O)OC(C)(C)C)cc(=O)c1OCc1ccccc1. The standard InChI is InChI=1S/C26H31NO8/c1-25(2,3)35-24(30)27-18(16-33-26(27,4)5)12-13-19-14-20(28)21(22(34-19)23(29)31-6)32-15-17-10-8-7-9-11-17/h7-14,18H,15-16H2,1-6H3. The Bertz CT molecular complexity index is 1140. The molecule has 1 unspecified atom stereocenters. The Hall–Kier alpha value is -3.59. The van der Waals surface area contributed by atoms with Gasteiger partial charge >= 0.3 is 12.1 Å². The summed E-state index contributed by atoms with van der Waals surface area (Å²) in [7, 11) is 1.18. The summed E-state index contributed by atoms with van der Waals surface area (Å²) in [6.07, 6.45) is 2.63. The van der Waals surface area contributed by atoms with Crippen molar-refractivity contribution in [1.82, 2.24) is 4.90 Å². The zero-order chi connectivity index (χ0) is 25.8. The molecule has 0 spiro atoms. The predicted octanol–water partition coefficient (Wildman–Crippen LogP) is 4.39. The van der Waals surface area contributed by atoms with E-state index >= 15 is 0 Å². The van der Waals surface area contributed by atoms with Gasteiger partial charge in [-0.25, -0.2) is 9.59 Å². The summed E-state index contributed by atoms with van der Waals surface area (Å²) in [4.78, 5) is 39.4. The summed E-state index contributed by atoms with van der Waals surface area (Å²) >= 11 is 0. The van der Waals surface area contributed by atoms with E-state index in [2.05, 4.69) is 0 Å². The molecule has 1 aliphatic rings. The predicted molar refractivity (Wildman–Crippen MR) is 128 cm³/mol. The lowest BCUT2D eigenvalue weighted by molar-refractivity contribution is -0.0610. The van der Waals surface area contributed by atoms with Crippen LogP contribution in [-0.2, 0) is 20.8 Å². The summed E-state index contributed by atoms with van der Waals surface area (Å²) in [5.74, 6) is -1.33. The zero-order valence-electron chi connectivity index (χ0n) is 20.8. The summed E-state index contributed by atoms with van der Waals surface area (Å²) in [5.41, 5.74) is -1.30. The van der Waals surface area contributed by atoms with Gasteiger partial charge in [-0.15, -0.1) is 0 Å². The highest BCUT2D eigenvalue weighted by atomic mass is 16.6. The van der Waals surface area contributed by atoms with Crippen LogP contribution in [0, 0.1) is 0 Å². The molecule has 9 nitrogen and oxygen atoms in total. The fourth-order valence-electron chi connectivity index (χ4n) is 3.52. The maximum absolute atomic E-state index is 12.8. The van der Waals surface area contributed by atoms with Gasteiger partial charge in [0.1, 0.15) is 23.7 Å². The first kappa shape index (κ1) is 26.0. The molecule has 1 amide bonds. The van der Waals surface area contributed by atoms with Gasteiger partial charge in [-0.2, -0.15) is 0 Å². The number of carbonyl (C=O) groups excluding carboxylic acids is 2. The van der Waals surface area contributed by atoms with Crippen LogP contribution in [0.15, 0.2) is 51.7 Å². The number of methoxy groups -OCH3 is 1. The molecule has 2 aromatic rings. The molecule has 1 aliphatic heterocycles. The van der Waals surface area contributed by atoms with Gasteiger partial charge in [0.05, 0.1) is 19.8 Å². The smallest absolute Gasteiger partial charge is 0.413 e. The summed E-state index contributed by atoms with van der Waals surface area (Å²) in [6, 6.07) is 9.92. The minimum Gasteiger partial charge on any atom is -0.481 e. The van der Waals surface area contributed by atoms with Gasteiger partial charge in [-0.1, -0.05) is 36.4 Å². The molecule has 2 heterocycles. The number of amides is 1. The lowest BCUT2D eigenvalue weighted by Gasteiger charge is -2.34. The molecule has 35 heavy (non-hydrogen) atoms. The van der Waals surface area contributed by atoms with Crippen LogP contribution in [0.3, 0.4) is 0 Å². The van der Waals surface area contributed by atoms with E-state index in [0.717, 1.165) is 5.56 Å². The highest BCUT2D eigenvalue weighted by Gasteiger charge is 2.44. The lowest BCUT2D eigenvalue weighted by atomic mass is 10.2. The van der Waals surface area contributed by atoms with Crippen molar-refractivity contribution >= 4 is 18.1 Å². The highest BCUT2D eigenvalue weighted by molar-refractivity contribution is 5.89. The fraction of sp³-hybridized carbons (Fsp3) is 0.423. The Morgan fingerprint density at radius 3 is 2.51 bits per heavy atom. The van der Waals surface area contributed by atoms with Crippen LogP contribution in [0.5, 0.6) is 5.75 Å². The minimum absolute atomic E-state index is 0.0735. The van der Waals surface area contributed by atoms with E-state index in [1.165, 1.54) is 24.2 Å². The van der Waals surface area contributed by atoms with Crippen LogP contribution in [0.4, 0.5) is 4.79 Å². The second-order valence-corrected chi connectivity index (χ2v) is 9.47. The second kappa shape index (κ2) is 10.4. The van der Waals surface area contributed by atoms with Gasteiger partial charge < -0.3 is 23.4 Å². The molecule has 0 N–H and O–H groups in total. The van der Waals surface area contributed by atoms with E-state index in [-0.39, 0.29) is 30.5 Å². The first-order valence-corrected chi connectivity index (χ1v) is 11.2. The number of carbonyl (C=O) groups is 2. The molecule has 0 aliphatic carbocycles. The van der Waals surface area contributed by atoms with E-state index in [1.54, 1.807) is 40.7 Å². The van der Waals surface area contributed by atoms with Gasteiger partial charge in [0, 0.05) is 6.07 Å². The van der Waals surface area contributed by atoms with Crippen LogP contribution in [0.1, 0.15) is 56.5 Å². The van der Waals surface area contributed by atoms with Crippen molar-refractivity contribution in [3.05, 3.63) is 69.8 Å². The lowest BCUT2D eigenvalue weighted by Crippen LogP contribution is -2.49.